The first-order valence-electron chi connectivity index (χ1n) is 13.3. The van der Waals surface area contributed by atoms with Crippen molar-refractivity contribution in [1.82, 2.24) is 0 Å². The Morgan fingerprint density at radius 3 is 2.30 bits per heavy atom. The lowest BCUT2D eigenvalue weighted by Crippen LogP contribution is -2.38. The molecule has 2 fully saturated rings. The van der Waals surface area contributed by atoms with Gasteiger partial charge in [-0.3, -0.25) is 9.59 Å². The van der Waals surface area contributed by atoms with Gasteiger partial charge in [-0.25, -0.2) is 0 Å². The number of rotatable bonds is 9. The number of hydrogen-bond acceptors (Lipinski definition) is 5. The number of allylic oxidation sites excluding steroid dienone is 2. The molecule has 5 heteroatoms. The summed E-state index contributed by atoms with van der Waals surface area (Å²) in [4.78, 5) is 27.3. The minimum atomic E-state index is -1.11. The Balaban J connectivity index is 1.61. The van der Waals surface area contributed by atoms with Crippen molar-refractivity contribution in [2.45, 2.75) is 53.2 Å². The molecule has 2 bridgehead atoms. The van der Waals surface area contributed by atoms with E-state index in [0.717, 1.165) is 17.6 Å². The van der Waals surface area contributed by atoms with Crippen molar-refractivity contribution in [3.63, 3.8) is 0 Å². The molecule has 0 amide bonds. The molecular weight excluding hydrogens is 464 g/mol. The number of carbonyl (C=O) groups is 2. The van der Waals surface area contributed by atoms with Crippen molar-refractivity contribution in [1.29, 1.82) is 0 Å². The van der Waals surface area contributed by atoms with Crippen LogP contribution >= 0.6 is 0 Å². The Morgan fingerprint density at radius 1 is 0.973 bits per heavy atom. The van der Waals surface area contributed by atoms with Crippen molar-refractivity contribution >= 4 is 11.8 Å². The van der Waals surface area contributed by atoms with Gasteiger partial charge in [0.1, 0.15) is 11.2 Å². The molecule has 5 rings (SSSR count). The second kappa shape index (κ2) is 9.60. The van der Waals surface area contributed by atoms with Crippen molar-refractivity contribution in [2.75, 3.05) is 13.2 Å². The van der Waals surface area contributed by atoms with Gasteiger partial charge in [0, 0.05) is 16.9 Å². The summed E-state index contributed by atoms with van der Waals surface area (Å²) in [6.45, 7) is 9.38. The molecule has 3 aliphatic rings. The minimum Gasteiger partial charge on any atom is -0.497 e. The maximum atomic E-state index is 13.8. The summed E-state index contributed by atoms with van der Waals surface area (Å²) < 4.78 is 18.4. The van der Waals surface area contributed by atoms with E-state index in [1.54, 1.807) is 6.08 Å². The Morgan fingerprint density at radius 2 is 1.65 bits per heavy atom. The van der Waals surface area contributed by atoms with E-state index in [0.29, 0.717) is 31.0 Å². The molecule has 194 valence electrons. The summed E-state index contributed by atoms with van der Waals surface area (Å²) >= 11 is 0. The molecule has 2 saturated carbocycles. The molecule has 2 aromatic rings. The highest BCUT2D eigenvalue weighted by Gasteiger charge is 2.75. The largest absolute Gasteiger partial charge is 0.497 e. The lowest BCUT2D eigenvalue weighted by atomic mass is 9.74. The molecule has 0 saturated heterocycles. The fraction of sp³-hybridized carbons (Fsp3) is 0.438. The molecule has 4 atom stereocenters. The number of esters is 1. The van der Waals surface area contributed by atoms with Gasteiger partial charge in [0.15, 0.2) is 5.78 Å². The number of benzene rings is 2. The van der Waals surface area contributed by atoms with Crippen LogP contribution in [0.15, 0.2) is 84.1 Å². The van der Waals surface area contributed by atoms with Gasteiger partial charge in [0.05, 0.1) is 25.9 Å². The van der Waals surface area contributed by atoms with Gasteiger partial charge in [0.25, 0.3) is 0 Å². The second-order valence-electron chi connectivity index (χ2n) is 11.1. The van der Waals surface area contributed by atoms with Crippen LogP contribution in [0.25, 0.3) is 0 Å². The van der Waals surface area contributed by atoms with E-state index in [1.165, 1.54) is 0 Å². The molecule has 1 spiro atoms. The Labute approximate surface area is 219 Å². The lowest BCUT2D eigenvalue weighted by molar-refractivity contribution is -0.153. The van der Waals surface area contributed by atoms with Crippen molar-refractivity contribution in [3.05, 3.63) is 95.3 Å². The van der Waals surface area contributed by atoms with Gasteiger partial charge < -0.3 is 14.2 Å². The Bertz CT molecular complexity index is 1230. The average molecular weight is 501 g/mol. The van der Waals surface area contributed by atoms with Crippen LogP contribution in [0, 0.1) is 22.2 Å². The summed E-state index contributed by atoms with van der Waals surface area (Å²) in [5, 5.41) is 0. The van der Waals surface area contributed by atoms with Crippen molar-refractivity contribution < 1.29 is 23.8 Å². The van der Waals surface area contributed by atoms with E-state index in [1.807, 2.05) is 62.4 Å². The van der Waals surface area contributed by atoms with E-state index in [4.69, 9.17) is 14.2 Å². The number of ether oxygens (including phenoxy) is 3. The zero-order valence-corrected chi connectivity index (χ0v) is 22.2. The standard InChI is InChI=1S/C32H36O5/c1-5-35-27-19-31-21-30(3,4)28(37-20-22-13-9-7-10-14-22)24(31)18-32(27,29(34)36-6-2)26(31)17-25(33)23-15-11-8-12-16-23/h7-17,19,24,28H,5-6,18,20-21H2,1-4H3/b26-17-/t24-,28-,31+,32-/m0/s1. The fourth-order valence-corrected chi connectivity index (χ4v) is 7.09. The predicted molar refractivity (Wildman–Crippen MR) is 142 cm³/mol. The van der Waals surface area contributed by atoms with Crippen molar-refractivity contribution in [2.24, 2.45) is 22.2 Å². The molecule has 0 aromatic heterocycles. The highest BCUT2D eigenvalue weighted by molar-refractivity contribution is 6.06. The van der Waals surface area contributed by atoms with Gasteiger partial charge in [-0.2, -0.15) is 0 Å². The van der Waals surface area contributed by atoms with Crippen LogP contribution in [0.1, 0.15) is 56.5 Å². The molecular formula is C32H36O5. The van der Waals surface area contributed by atoms with Crippen LogP contribution in [0.4, 0.5) is 0 Å². The molecule has 37 heavy (non-hydrogen) atoms. The first-order chi connectivity index (χ1) is 17.8. The molecule has 3 aliphatic carbocycles. The van der Waals surface area contributed by atoms with E-state index >= 15 is 0 Å². The number of fused-ring (bicyclic) bond motifs is 1. The summed E-state index contributed by atoms with van der Waals surface area (Å²) in [6.07, 6.45) is 4.99. The van der Waals surface area contributed by atoms with Crippen LogP contribution in [0.2, 0.25) is 0 Å². The van der Waals surface area contributed by atoms with Gasteiger partial charge in [-0.1, -0.05) is 74.5 Å². The quantitative estimate of drug-likeness (QED) is 0.230. The van der Waals surface area contributed by atoms with E-state index in [2.05, 4.69) is 32.1 Å². The molecule has 0 N–H and O–H groups in total. The normalized spacial score (nSPS) is 30.2. The number of hydrogen-bond donors (Lipinski definition) is 0. The zero-order valence-electron chi connectivity index (χ0n) is 22.2. The SMILES string of the molecule is CCOC(=O)[C@]12C[C@H]3[C@H](OCc4ccccc4)C(C)(C)C[C@@]3(C=C1OCC)/C2=C/C(=O)c1ccccc1. The van der Waals surface area contributed by atoms with Crippen LogP contribution in [-0.2, 0) is 25.6 Å². The number of ketones is 1. The van der Waals surface area contributed by atoms with E-state index in [-0.39, 0.29) is 35.8 Å². The van der Waals surface area contributed by atoms with E-state index in [9.17, 15) is 9.59 Å². The molecule has 0 heterocycles. The van der Waals surface area contributed by atoms with Gasteiger partial charge >= 0.3 is 5.97 Å². The Hall–Kier alpha value is -3.18. The summed E-state index contributed by atoms with van der Waals surface area (Å²) in [5.74, 6) is 0.195. The lowest BCUT2D eigenvalue weighted by Gasteiger charge is -2.35. The third-order valence-corrected chi connectivity index (χ3v) is 8.37. The zero-order chi connectivity index (χ0) is 26.3. The van der Waals surface area contributed by atoms with Gasteiger partial charge in [-0.05, 0) is 55.4 Å². The molecule has 2 aromatic carbocycles. The number of carbonyl (C=O) groups excluding carboxylic acids is 2. The Kier molecular flexibility index (Phi) is 6.61. The molecule has 0 unspecified atom stereocenters. The monoisotopic (exact) mass is 500 g/mol. The third kappa shape index (κ3) is 4.04. The third-order valence-electron chi connectivity index (χ3n) is 8.37. The first-order valence-corrected chi connectivity index (χ1v) is 13.3. The topological polar surface area (TPSA) is 61.8 Å². The first kappa shape index (κ1) is 25.5. The minimum absolute atomic E-state index is 0.0228. The van der Waals surface area contributed by atoms with Crippen LogP contribution in [0.3, 0.4) is 0 Å². The molecule has 0 radical (unpaired) electrons. The highest BCUT2D eigenvalue weighted by Crippen LogP contribution is 2.75. The van der Waals surface area contributed by atoms with Gasteiger partial charge in [-0.15, -0.1) is 0 Å². The smallest absolute Gasteiger partial charge is 0.324 e. The molecule has 0 aliphatic heterocycles. The van der Waals surface area contributed by atoms with Gasteiger partial charge in [0.2, 0.25) is 0 Å². The summed E-state index contributed by atoms with van der Waals surface area (Å²) in [6, 6.07) is 19.4. The van der Waals surface area contributed by atoms with Crippen LogP contribution < -0.4 is 0 Å². The van der Waals surface area contributed by atoms with E-state index < -0.39 is 10.8 Å². The fourth-order valence-electron chi connectivity index (χ4n) is 7.09. The predicted octanol–water partition coefficient (Wildman–Crippen LogP) is 6.30. The van der Waals surface area contributed by atoms with Crippen molar-refractivity contribution in [3.8, 4) is 0 Å². The maximum Gasteiger partial charge on any atom is 0.324 e. The highest BCUT2D eigenvalue weighted by atomic mass is 16.5. The average Bonchev–Trinajstić information content (AvgIpc) is 3.38. The molecule has 5 nitrogen and oxygen atoms in total. The summed E-state index contributed by atoms with van der Waals surface area (Å²) in [5.41, 5.74) is 0.731. The summed E-state index contributed by atoms with van der Waals surface area (Å²) in [7, 11) is 0. The second-order valence-corrected chi connectivity index (χ2v) is 11.1. The van der Waals surface area contributed by atoms with Crippen LogP contribution in [0.5, 0.6) is 0 Å². The van der Waals surface area contributed by atoms with Crippen LogP contribution in [-0.4, -0.2) is 31.1 Å². The maximum absolute atomic E-state index is 13.8.